The zero-order chi connectivity index (χ0) is 22.3. The van der Waals surface area contributed by atoms with Crippen LogP contribution in [-0.4, -0.2) is 24.0 Å². The van der Waals surface area contributed by atoms with Crippen LogP contribution in [0.2, 0.25) is 0 Å². The lowest BCUT2D eigenvalue weighted by atomic mass is 9.82. The molecule has 0 amide bonds. The molecular formula is C24H22FNO5. The van der Waals surface area contributed by atoms with Crippen LogP contribution >= 0.6 is 0 Å². The van der Waals surface area contributed by atoms with Crippen molar-refractivity contribution >= 4 is 11.9 Å². The van der Waals surface area contributed by atoms with Gasteiger partial charge in [-0.05, 0) is 18.1 Å². The number of ether oxygens (including phenoxy) is 3. The van der Waals surface area contributed by atoms with E-state index >= 15 is 0 Å². The fourth-order valence-corrected chi connectivity index (χ4v) is 2.95. The molecular weight excluding hydrogens is 401 g/mol. The molecule has 7 heteroatoms. The molecule has 3 rings (SSSR count). The normalized spacial score (nSPS) is 10.9. The summed E-state index contributed by atoms with van der Waals surface area (Å²) in [7, 11) is 1.35. The Bertz CT molecular complexity index is 985. The van der Waals surface area contributed by atoms with Crippen LogP contribution in [0, 0.1) is 5.82 Å². The minimum absolute atomic E-state index is 0.0503. The van der Waals surface area contributed by atoms with Gasteiger partial charge in [0.2, 0.25) is 5.88 Å². The fraction of sp³-hybridized carbons (Fsp3) is 0.208. The Morgan fingerprint density at radius 3 is 1.84 bits per heavy atom. The molecule has 0 N–H and O–H groups in total. The quantitative estimate of drug-likeness (QED) is 0.403. The van der Waals surface area contributed by atoms with Crippen LogP contribution < -0.4 is 4.74 Å². The van der Waals surface area contributed by atoms with Gasteiger partial charge in [0.05, 0.1) is 13.3 Å². The Kier molecular flexibility index (Phi) is 6.97. The highest BCUT2D eigenvalue weighted by Crippen LogP contribution is 2.32. The maximum atomic E-state index is 14.7. The first-order valence-corrected chi connectivity index (χ1v) is 9.57. The van der Waals surface area contributed by atoms with E-state index in [-0.39, 0.29) is 24.7 Å². The van der Waals surface area contributed by atoms with Gasteiger partial charge in [0.15, 0.2) is 5.41 Å². The standard InChI is InChI=1S/C24H22FNO5/c1-24(19-13-21(29-2)26-14-20(19)25,22(27)30-15-17-9-5-3-6-10-17)23(28)31-16-18-11-7-4-8-12-18/h3-14H,15-16H2,1-2H3. The summed E-state index contributed by atoms with van der Waals surface area (Å²) in [4.78, 5) is 30.0. The summed E-state index contributed by atoms with van der Waals surface area (Å²) in [5.74, 6) is -2.69. The number of carbonyl (C=O) groups is 2. The summed E-state index contributed by atoms with van der Waals surface area (Å²) < 4.78 is 30.5. The van der Waals surface area contributed by atoms with Crippen LogP contribution in [0.3, 0.4) is 0 Å². The second-order valence-electron chi connectivity index (χ2n) is 6.95. The van der Waals surface area contributed by atoms with Gasteiger partial charge < -0.3 is 14.2 Å². The van der Waals surface area contributed by atoms with E-state index in [2.05, 4.69) is 4.98 Å². The van der Waals surface area contributed by atoms with Gasteiger partial charge in [-0.2, -0.15) is 0 Å². The molecule has 6 nitrogen and oxygen atoms in total. The largest absolute Gasteiger partial charge is 0.481 e. The molecule has 0 bridgehead atoms. The zero-order valence-corrected chi connectivity index (χ0v) is 17.2. The highest BCUT2D eigenvalue weighted by atomic mass is 19.1. The van der Waals surface area contributed by atoms with E-state index < -0.39 is 23.2 Å². The van der Waals surface area contributed by atoms with Crippen LogP contribution in [0.25, 0.3) is 0 Å². The second kappa shape index (κ2) is 9.84. The van der Waals surface area contributed by atoms with E-state index in [4.69, 9.17) is 14.2 Å². The smallest absolute Gasteiger partial charge is 0.328 e. The molecule has 0 saturated carbocycles. The number of methoxy groups -OCH3 is 1. The maximum absolute atomic E-state index is 14.7. The Hall–Kier alpha value is -3.74. The fourth-order valence-electron chi connectivity index (χ4n) is 2.95. The Morgan fingerprint density at radius 1 is 0.903 bits per heavy atom. The van der Waals surface area contributed by atoms with Crippen LogP contribution in [0.5, 0.6) is 5.88 Å². The van der Waals surface area contributed by atoms with E-state index in [1.54, 1.807) is 48.5 Å². The molecule has 31 heavy (non-hydrogen) atoms. The third kappa shape index (κ3) is 5.06. The lowest BCUT2D eigenvalue weighted by Gasteiger charge is -2.26. The summed E-state index contributed by atoms with van der Waals surface area (Å²) in [6, 6.07) is 19.1. The molecule has 0 unspecified atom stereocenters. The number of nitrogens with zero attached hydrogens (tertiary/aromatic N) is 1. The molecule has 2 aromatic carbocycles. The van der Waals surface area contributed by atoms with Crippen molar-refractivity contribution in [2.75, 3.05) is 7.11 Å². The molecule has 0 radical (unpaired) electrons. The number of aromatic nitrogens is 1. The number of carbonyl (C=O) groups excluding carboxylic acids is 2. The third-order valence-electron chi connectivity index (χ3n) is 4.82. The van der Waals surface area contributed by atoms with Gasteiger partial charge in [0.1, 0.15) is 19.0 Å². The van der Waals surface area contributed by atoms with Crippen molar-refractivity contribution in [1.82, 2.24) is 4.98 Å². The first-order chi connectivity index (χ1) is 14.9. The molecule has 0 aliphatic carbocycles. The molecule has 1 heterocycles. The monoisotopic (exact) mass is 423 g/mol. The molecule has 160 valence electrons. The Morgan fingerprint density at radius 2 is 1.39 bits per heavy atom. The van der Waals surface area contributed by atoms with Crippen molar-refractivity contribution in [3.8, 4) is 5.88 Å². The number of rotatable bonds is 8. The average molecular weight is 423 g/mol. The lowest BCUT2D eigenvalue weighted by molar-refractivity contribution is -0.166. The first kappa shape index (κ1) is 22.0. The molecule has 0 spiro atoms. The van der Waals surface area contributed by atoms with E-state index in [1.165, 1.54) is 20.1 Å². The van der Waals surface area contributed by atoms with Gasteiger partial charge in [-0.25, -0.2) is 9.37 Å². The molecule has 3 aromatic rings. The predicted octanol–water partition coefficient (Wildman–Crippen LogP) is 3.97. The van der Waals surface area contributed by atoms with Gasteiger partial charge >= 0.3 is 11.9 Å². The second-order valence-corrected chi connectivity index (χ2v) is 6.95. The van der Waals surface area contributed by atoms with E-state index in [0.29, 0.717) is 0 Å². The van der Waals surface area contributed by atoms with Crippen molar-refractivity contribution in [3.63, 3.8) is 0 Å². The Balaban J connectivity index is 1.90. The van der Waals surface area contributed by atoms with Crippen molar-refractivity contribution in [2.24, 2.45) is 0 Å². The number of esters is 2. The molecule has 0 aliphatic heterocycles. The first-order valence-electron chi connectivity index (χ1n) is 9.57. The van der Waals surface area contributed by atoms with Crippen LogP contribution in [0.4, 0.5) is 4.39 Å². The number of benzene rings is 2. The maximum Gasteiger partial charge on any atom is 0.328 e. The minimum atomic E-state index is -2.07. The number of hydrogen-bond acceptors (Lipinski definition) is 6. The van der Waals surface area contributed by atoms with Crippen molar-refractivity contribution in [2.45, 2.75) is 25.6 Å². The lowest BCUT2D eigenvalue weighted by Crippen LogP contribution is -2.44. The van der Waals surface area contributed by atoms with Crippen LogP contribution in [-0.2, 0) is 37.7 Å². The number of pyridine rings is 1. The summed E-state index contributed by atoms with van der Waals surface area (Å²) in [5.41, 5.74) is -0.855. The molecule has 0 aliphatic rings. The summed E-state index contributed by atoms with van der Waals surface area (Å²) in [5, 5.41) is 0. The van der Waals surface area contributed by atoms with Gasteiger partial charge in [-0.3, -0.25) is 9.59 Å². The molecule has 0 fully saturated rings. The van der Waals surface area contributed by atoms with E-state index in [9.17, 15) is 14.0 Å². The van der Waals surface area contributed by atoms with Crippen LogP contribution in [0.15, 0.2) is 72.9 Å². The van der Waals surface area contributed by atoms with Gasteiger partial charge in [-0.1, -0.05) is 60.7 Å². The molecule has 0 atom stereocenters. The predicted molar refractivity (Wildman–Crippen MR) is 111 cm³/mol. The van der Waals surface area contributed by atoms with E-state index in [1.807, 2.05) is 12.1 Å². The molecule has 0 saturated heterocycles. The summed E-state index contributed by atoms with van der Waals surface area (Å²) >= 11 is 0. The van der Waals surface area contributed by atoms with Crippen molar-refractivity contribution in [3.05, 3.63) is 95.4 Å². The topological polar surface area (TPSA) is 74.7 Å². The summed E-state index contributed by atoms with van der Waals surface area (Å²) in [6.07, 6.45) is 0.890. The Labute approximate surface area is 179 Å². The number of hydrogen-bond donors (Lipinski definition) is 0. The van der Waals surface area contributed by atoms with Gasteiger partial charge in [-0.15, -0.1) is 0 Å². The molecule has 1 aromatic heterocycles. The highest BCUT2D eigenvalue weighted by molar-refractivity contribution is 6.06. The zero-order valence-electron chi connectivity index (χ0n) is 17.2. The SMILES string of the molecule is COc1cc(C(C)(C(=O)OCc2ccccc2)C(=O)OCc2ccccc2)c(F)cn1. The average Bonchev–Trinajstić information content (AvgIpc) is 2.82. The third-order valence-corrected chi connectivity index (χ3v) is 4.82. The van der Waals surface area contributed by atoms with Gasteiger partial charge in [0.25, 0.3) is 0 Å². The minimum Gasteiger partial charge on any atom is -0.481 e. The van der Waals surface area contributed by atoms with Crippen LogP contribution in [0.1, 0.15) is 23.6 Å². The van der Waals surface area contributed by atoms with Crippen molar-refractivity contribution < 1.29 is 28.2 Å². The van der Waals surface area contributed by atoms with Crippen molar-refractivity contribution in [1.29, 1.82) is 0 Å². The highest BCUT2D eigenvalue weighted by Gasteiger charge is 2.48. The van der Waals surface area contributed by atoms with Gasteiger partial charge in [0, 0.05) is 11.6 Å². The van der Waals surface area contributed by atoms with E-state index in [0.717, 1.165) is 17.3 Å². The summed E-state index contributed by atoms with van der Waals surface area (Å²) in [6.45, 7) is 1.11. The number of halogens is 1.